The number of hydrogen-bond acceptors (Lipinski definition) is 5. The van der Waals surface area contributed by atoms with Crippen LogP contribution in [0.4, 0.5) is 11.8 Å². The highest BCUT2D eigenvalue weighted by Crippen LogP contribution is 2.27. The zero-order valence-corrected chi connectivity index (χ0v) is 15.7. The molecule has 5 nitrogen and oxygen atoms in total. The highest BCUT2D eigenvalue weighted by molar-refractivity contribution is 5.90. The minimum atomic E-state index is 0.117. The third kappa shape index (κ3) is 3.88. The zero-order chi connectivity index (χ0) is 18.6. The highest BCUT2D eigenvalue weighted by Gasteiger charge is 2.26. The summed E-state index contributed by atoms with van der Waals surface area (Å²) in [6.45, 7) is 3.96. The number of anilines is 2. The lowest BCUT2D eigenvalue weighted by atomic mass is 10.1. The van der Waals surface area contributed by atoms with Gasteiger partial charge >= 0.3 is 0 Å². The molecule has 27 heavy (non-hydrogen) atoms. The number of aliphatic hydroxyl groups is 1. The van der Waals surface area contributed by atoms with Crippen LogP contribution in [0, 0.1) is 6.92 Å². The second-order valence-corrected chi connectivity index (χ2v) is 7.22. The minimum Gasteiger partial charge on any atom is -0.394 e. The largest absolute Gasteiger partial charge is 0.394 e. The van der Waals surface area contributed by atoms with Crippen LogP contribution >= 0.6 is 0 Å². The Morgan fingerprint density at radius 3 is 2.74 bits per heavy atom. The maximum atomic E-state index is 9.65. The van der Waals surface area contributed by atoms with Gasteiger partial charge in [-0.15, -0.1) is 0 Å². The van der Waals surface area contributed by atoms with Gasteiger partial charge < -0.3 is 15.3 Å². The van der Waals surface area contributed by atoms with Crippen LogP contribution in [0.1, 0.15) is 24.0 Å². The summed E-state index contributed by atoms with van der Waals surface area (Å²) in [6, 6.07) is 16.9. The number of aryl methyl sites for hydroxylation is 1. The van der Waals surface area contributed by atoms with Crippen molar-refractivity contribution in [3.8, 4) is 0 Å². The number of nitrogens with one attached hydrogen (secondary N) is 1. The first-order chi connectivity index (χ1) is 13.2. The van der Waals surface area contributed by atoms with Crippen molar-refractivity contribution in [1.82, 2.24) is 9.97 Å². The fourth-order valence-corrected chi connectivity index (χ4v) is 3.70. The van der Waals surface area contributed by atoms with E-state index in [4.69, 9.17) is 9.97 Å². The molecule has 5 heteroatoms. The average molecular weight is 362 g/mol. The van der Waals surface area contributed by atoms with Gasteiger partial charge in [0, 0.05) is 18.5 Å². The Hall–Kier alpha value is -2.66. The van der Waals surface area contributed by atoms with Crippen LogP contribution in [0.25, 0.3) is 10.9 Å². The molecule has 140 valence electrons. The van der Waals surface area contributed by atoms with Crippen LogP contribution in [-0.2, 0) is 6.42 Å². The number of para-hydroxylation sites is 1. The van der Waals surface area contributed by atoms with Crippen molar-refractivity contribution in [2.24, 2.45) is 0 Å². The summed E-state index contributed by atoms with van der Waals surface area (Å²) >= 11 is 0. The maximum Gasteiger partial charge on any atom is 0.228 e. The Morgan fingerprint density at radius 2 is 1.93 bits per heavy atom. The fraction of sp³-hybridized carbons (Fsp3) is 0.364. The summed E-state index contributed by atoms with van der Waals surface area (Å²) in [5.74, 6) is 1.58. The minimum absolute atomic E-state index is 0.117. The molecule has 2 heterocycles. The smallest absolute Gasteiger partial charge is 0.228 e. The van der Waals surface area contributed by atoms with E-state index in [1.807, 2.05) is 18.2 Å². The number of hydrogen-bond donors (Lipinski definition) is 2. The lowest BCUT2D eigenvalue weighted by Crippen LogP contribution is -2.33. The normalized spacial score (nSPS) is 16.8. The molecule has 0 saturated carbocycles. The molecule has 1 unspecified atom stereocenters. The Labute approximate surface area is 160 Å². The Morgan fingerprint density at radius 1 is 1.11 bits per heavy atom. The van der Waals surface area contributed by atoms with Crippen LogP contribution in [0.15, 0.2) is 48.5 Å². The van der Waals surface area contributed by atoms with Crippen LogP contribution in [-0.4, -0.2) is 40.8 Å². The topological polar surface area (TPSA) is 61.3 Å². The molecule has 0 amide bonds. The van der Waals surface area contributed by atoms with Gasteiger partial charge in [-0.3, -0.25) is 0 Å². The van der Waals surface area contributed by atoms with Crippen molar-refractivity contribution in [2.75, 3.05) is 29.9 Å². The molecule has 0 radical (unpaired) electrons. The molecule has 3 aromatic rings. The number of rotatable bonds is 6. The molecule has 1 fully saturated rings. The summed E-state index contributed by atoms with van der Waals surface area (Å²) < 4.78 is 0. The van der Waals surface area contributed by atoms with Gasteiger partial charge in [0.2, 0.25) is 5.95 Å². The van der Waals surface area contributed by atoms with Crippen LogP contribution < -0.4 is 10.2 Å². The first-order valence-corrected chi connectivity index (χ1v) is 9.68. The quantitative estimate of drug-likeness (QED) is 0.702. The molecule has 0 aliphatic carbocycles. The second kappa shape index (κ2) is 7.92. The molecule has 2 aromatic carbocycles. The van der Waals surface area contributed by atoms with Gasteiger partial charge in [-0.05, 0) is 43.9 Å². The first kappa shape index (κ1) is 17.7. The van der Waals surface area contributed by atoms with E-state index in [2.05, 4.69) is 47.5 Å². The predicted octanol–water partition coefficient (Wildman–Crippen LogP) is 3.55. The number of nitrogens with zero attached hydrogens (tertiary/aromatic N) is 3. The number of benzene rings is 2. The van der Waals surface area contributed by atoms with E-state index in [0.29, 0.717) is 5.95 Å². The standard InChI is InChI=1S/C22H26N4O/c1-16-8-10-17(11-9-16)12-13-23-21-19-6-2-3-7-20(19)24-22(25-21)26-14-4-5-18(26)15-27/h2-3,6-11,18,27H,4-5,12-15H2,1H3,(H,23,24,25). The molecular weight excluding hydrogens is 336 g/mol. The molecule has 1 aromatic heterocycles. The Balaban J connectivity index is 1.57. The van der Waals surface area contributed by atoms with Crippen LogP contribution in [0.2, 0.25) is 0 Å². The lowest BCUT2D eigenvalue weighted by Gasteiger charge is -2.24. The van der Waals surface area contributed by atoms with Crippen molar-refractivity contribution in [2.45, 2.75) is 32.2 Å². The number of aromatic nitrogens is 2. The van der Waals surface area contributed by atoms with Crippen molar-refractivity contribution >= 4 is 22.7 Å². The molecule has 1 aliphatic heterocycles. The van der Waals surface area contributed by atoms with Gasteiger partial charge in [-0.25, -0.2) is 4.98 Å². The van der Waals surface area contributed by atoms with Gasteiger partial charge in [0.25, 0.3) is 0 Å². The maximum absolute atomic E-state index is 9.65. The summed E-state index contributed by atoms with van der Waals surface area (Å²) in [5.41, 5.74) is 3.53. The lowest BCUT2D eigenvalue weighted by molar-refractivity contribution is 0.265. The van der Waals surface area contributed by atoms with Gasteiger partial charge in [-0.1, -0.05) is 42.0 Å². The summed E-state index contributed by atoms with van der Waals surface area (Å²) in [7, 11) is 0. The van der Waals surface area contributed by atoms with Crippen molar-refractivity contribution < 1.29 is 5.11 Å². The van der Waals surface area contributed by atoms with Crippen molar-refractivity contribution in [3.63, 3.8) is 0 Å². The van der Waals surface area contributed by atoms with E-state index in [1.54, 1.807) is 0 Å². The third-order valence-corrected chi connectivity index (χ3v) is 5.26. The molecule has 4 rings (SSSR count). The number of fused-ring (bicyclic) bond motifs is 1. The zero-order valence-electron chi connectivity index (χ0n) is 15.7. The van der Waals surface area contributed by atoms with Crippen molar-refractivity contribution in [1.29, 1.82) is 0 Å². The second-order valence-electron chi connectivity index (χ2n) is 7.22. The fourth-order valence-electron chi connectivity index (χ4n) is 3.70. The molecule has 1 saturated heterocycles. The van der Waals surface area contributed by atoms with E-state index >= 15 is 0 Å². The SMILES string of the molecule is Cc1ccc(CCNc2nc(N3CCCC3CO)nc3ccccc23)cc1. The highest BCUT2D eigenvalue weighted by atomic mass is 16.3. The summed E-state index contributed by atoms with van der Waals surface area (Å²) in [4.78, 5) is 11.7. The Bertz CT molecular complexity index is 910. The third-order valence-electron chi connectivity index (χ3n) is 5.26. The van der Waals surface area contributed by atoms with E-state index in [-0.39, 0.29) is 12.6 Å². The average Bonchev–Trinajstić information content (AvgIpc) is 3.18. The van der Waals surface area contributed by atoms with Gasteiger partial charge in [0.1, 0.15) is 5.82 Å². The predicted molar refractivity (Wildman–Crippen MR) is 110 cm³/mol. The monoisotopic (exact) mass is 362 g/mol. The van der Waals surface area contributed by atoms with Crippen molar-refractivity contribution in [3.05, 3.63) is 59.7 Å². The molecule has 0 spiro atoms. The van der Waals surface area contributed by atoms with E-state index in [0.717, 1.165) is 49.1 Å². The molecule has 1 atom stereocenters. The summed E-state index contributed by atoms with van der Waals surface area (Å²) in [5, 5.41) is 14.2. The van der Waals surface area contributed by atoms with E-state index in [9.17, 15) is 5.11 Å². The number of aliphatic hydroxyl groups excluding tert-OH is 1. The Kier molecular flexibility index (Phi) is 5.21. The molecular formula is C22H26N4O. The van der Waals surface area contributed by atoms with Gasteiger partial charge in [0.05, 0.1) is 18.2 Å². The van der Waals surface area contributed by atoms with Gasteiger partial charge in [0.15, 0.2) is 0 Å². The van der Waals surface area contributed by atoms with Crippen LogP contribution in [0.5, 0.6) is 0 Å². The first-order valence-electron chi connectivity index (χ1n) is 9.68. The summed E-state index contributed by atoms with van der Waals surface area (Å²) in [6.07, 6.45) is 3.00. The molecule has 2 N–H and O–H groups in total. The molecule has 0 bridgehead atoms. The van der Waals surface area contributed by atoms with Gasteiger partial charge in [-0.2, -0.15) is 4.98 Å². The van der Waals surface area contributed by atoms with E-state index in [1.165, 1.54) is 11.1 Å². The van der Waals surface area contributed by atoms with E-state index < -0.39 is 0 Å². The molecule has 1 aliphatic rings. The van der Waals surface area contributed by atoms with Crippen LogP contribution in [0.3, 0.4) is 0 Å².